The van der Waals surface area contributed by atoms with Gasteiger partial charge in [0.25, 0.3) is 5.92 Å². The number of aliphatic hydroxyl groups excluding tert-OH is 1. The molecule has 2 aliphatic rings. The number of nitrogens with one attached hydrogen (secondary N) is 1. The first-order valence-electron chi connectivity index (χ1n) is 11.1. The summed E-state index contributed by atoms with van der Waals surface area (Å²) in [5, 5.41) is 12.4. The van der Waals surface area contributed by atoms with Crippen molar-refractivity contribution in [3.05, 3.63) is 29.7 Å². The van der Waals surface area contributed by atoms with Crippen molar-refractivity contribution in [2.45, 2.75) is 44.1 Å². The number of aromatic nitrogens is 3. The van der Waals surface area contributed by atoms with Gasteiger partial charge in [0.1, 0.15) is 5.69 Å². The number of ether oxygens (including phenoxy) is 3. The molecule has 0 aliphatic carbocycles. The molecule has 1 unspecified atom stereocenters. The summed E-state index contributed by atoms with van der Waals surface area (Å²) in [6.45, 7) is 0.837. The van der Waals surface area contributed by atoms with Crippen LogP contribution >= 0.6 is 11.3 Å². The fourth-order valence-corrected chi connectivity index (χ4v) is 5.14. The first-order valence-corrected chi connectivity index (χ1v) is 11.9. The van der Waals surface area contributed by atoms with E-state index in [9.17, 15) is 27.5 Å². The first kappa shape index (κ1) is 25.4. The molecular weight excluding hydrogens is 522 g/mol. The maximum Gasteiger partial charge on any atom is 0.586 e. The van der Waals surface area contributed by atoms with Crippen LogP contribution < -0.4 is 19.5 Å². The van der Waals surface area contributed by atoms with Crippen molar-refractivity contribution in [1.29, 1.82) is 0 Å². The molecule has 10 nitrogen and oxygen atoms in total. The van der Waals surface area contributed by atoms with Crippen molar-refractivity contribution in [3.8, 4) is 17.4 Å². The molecule has 4 heterocycles. The van der Waals surface area contributed by atoms with Crippen LogP contribution in [0.2, 0.25) is 0 Å². The highest BCUT2D eigenvalue weighted by atomic mass is 32.1. The number of carbonyl (C=O) groups excluding carboxylic acids is 1. The zero-order chi connectivity index (χ0) is 26.5. The average Bonchev–Trinajstić information content (AvgIpc) is 3.37. The van der Waals surface area contributed by atoms with Crippen molar-refractivity contribution in [2.75, 3.05) is 25.5 Å². The number of alkyl halides is 4. The van der Waals surface area contributed by atoms with Crippen LogP contribution in [-0.2, 0) is 11.4 Å². The third-order valence-electron chi connectivity index (χ3n) is 6.25. The minimum atomic E-state index is -3.75. The normalized spacial score (nSPS) is 21.1. The van der Waals surface area contributed by atoms with Crippen molar-refractivity contribution in [2.24, 2.45) is 0 Å². The van der Waals surface area contributed by atoms with E-state index in [0.717, 1.165) is 11.3 Å². The molecule has 198 valence electrons. The summed E-state index contributed by atoms with van der Waals surface area (Å²) in [5.74, 6) is -5.20. The number of thiazole rings is 1. The lowest BCUT2D eigenvalue weighted by Crippen LogP contribution is -2.52. The van der Waals surface area contributed by atoms with Gasteiger partial charge in [-0.3, -0.25) is 9.69 Å². The Labute approximate surface area is 211 Å². The van der Waals surface area contributed by atoms with E-state index in [1.165, 1.54) is 25.4 Å². The van der Waals surface area contributed by atoms with Crippen LogP contribution in [0.1, 0.15) is 30.7 Å². The number of amides is 1. The Morgan fingerprint density at radius 3 is 2.73 bits per heavy atom. The number of nitrogens with zero attached hydrogens (tertiary/aromatic N) is 4. The van der Waals surface area contributed by atoms with Gasteiger partial charge in [0.05, 0.1) is 47.8 Å². The second kappa shape index (κ2) is 9.22. The molecule has 0 spiro atoms. The summed E-state index contributed by atoms with van der Waals surface area (Å²) >= 11 is 1.04. The Bertz CT molecular complexity index is 1310. The van der Waals surface area contributed by atoms with Crippen LogP contribution in [0.3, 0.4) is 0 Å². The minimum Gasteiger partial charge on any atom is -0.480 e. The van der Waals surface area contributed by atoms with Crippen molar-refractivity contribution < 1.29 is 41.7 Å². The number of hydrogen-bond acceptors (Lipinski definition) is 10. The van der Waals surface area contributed by atoms with Crippen molar-refractivity contribution >= 4 is 32.6 Å². The van der Waals surface area contributed by atoms with E-state index in [0.29, 0.717) is 10.2 Å². The molecule has 0 radical (unpaired) electrons. The summed E-state index contributed by atoms with van der Waals surface area (Å²) in [7, 11) is 1.33. The van der Waals surface area contributed by atoms with Gasteiger partial charge in [0.2, 0.25) is 11.8 Å². The van der Waals surface area contributed by atoms with Crippen LogP contribution in [0.4, 0.5) is 22.7 Å². The molecule has 1 aromatic carbocycles. The van der Waals surface area contributed by atoms with Crippen LogP contribution in [0.5, 0.6) is 17.4 Å². The van der Waals surface area contributed by atoms with Gasteiger partial charge in [-0.15, -0.1) is 8.78 Å². The predicted molar refractivity (Wildman–Crippen MR) is 122 cm³/mol. The van der Waals surface area contributed by atoms with Gasteiger partial charge < -0.3 is 24.6 Å². The topological polar surface area (TPSA) is 119 Å². The van der Waals surface area contributed by atoms with Crippen molar-refractivity contribution in [1.82, 2.24) is 19.9 Å². The SMILES string of the molecule is COc1ncc(C2CN([C@@H](C)C(=O)Nc3nc4cc5c(cc4s3)OC(F)(F)O5)CCC2(F)F)nc1CO. The van der Waals surface area contributed by atoms with Gasteiger partial charge in [-0.25, -0.2) is 23.7 Å². The number of hydrogen-bond donors (Lipinski definition) is 2. The number of likely N-dealkylation sites (tertiary alicyclic amines) is 1. The van der Waals surface area contributed by atoms with Gasteiger partial charge in [0.15, 0.2) is 16.6 Å². The molecule has 2 atom stereocenters. The van der Waals surface area contributed by atoms with Crippen LogP contribution in [-0.4, -0.2) is 69.3 Å². The number of piperidine rings is 1. The lowest BCUT2D eigenvalue weighted by Gasteiger charge is -2.40. The molecule has 1 amide bonds. The first-order chi connectivity index (χ1) is 17.5. The second-order valence-corrected chi connectivity index (χ2v) is 9.62. The highest BCUT2D eigenvalue weighted by Gasteiger charge is 2.47. The summed E-state index contributed by atoms with van der Waals surface area (Å²) < 4.78 is 70.6. The Balaban J connectivity index is 1.30. The number of rotatable bonds is 6. The number of aliphatic hydroxyl groups is 1. The highest BCUT2D eigenvalue weighted by molar-refractivity contribution is 7.22. The van der Waals surface area contributed by atoms with Gasteiger partial charge in [-0.2, -0.15) is 0 Å². The Hall–Kier alpha value is -3.30. The molecular formula is C22H21F4N5O5S. The Kier molecular flexibility index (Phi) is 6.32. The lowest BCUT2D eigenvalue weighted by molar-refractivity contribution is -0.286. The van der Waals surface area contributed by atoms with E-state index in [4.69, 9.17) is 4.74 Å². The Morgan fingerprint density at radius 1 is 1.30 bits per heavy atom. The standard InChI is InChI=1S/C22H21F4N5O5S/c1-10(18(33)30-20-29-12-5-15-16(6-17(12)37-20)36-22(25,26)35-15)31-4-3-21(23,24)11(8-31)13-7-27-19(34-2)14(9-32)28-13/h5-7,10-11,32H,3-4,8-9H2,1-2H3,(H,29,30,33)/t10-,11?/m0/s1. The van der Waals surface area contributed by atoms with Crippen LogP contribution in [0.25, 0.3) is 10.2 Å². The molecule has 1 fully saturated rings. The predicted octanol–water partition coefficient (Wildman–Crippen LogP) is 3.36. The number of halogens is 4. The number of fused-ring (bicyclic) bond motifs is 2. The molecule has 2 aromatic heterocycles. The molecule has 37 heavy (non-hydrogen) atoms. The summed E-state index contributed by atoms with van der Waals surface area (Å²) in [6.07, 6.45) is -3.07. The zero-order valence-electron chi connectivity index (χ0n) is 19.5. The van der Waals surface area contributed by atoms with Gasteiger partial charge in [0, 0.05) is 31.6 Å². The maximum atomic E-state index is 14.9. The number of benzene rings is 1. The van der Waals surface area contributed by atoms with Gasteiger partial charge in [-0.05, 0) is 6.92 Å². The largest absolute Gasteiger partial charge is 0.586 e. The quantitative estimate of drug-likeness (QED) is 0.451. The highest BCUT2D eigenvalue weighted by Crippen LogP contribution is 2.45. The number of methoxy groups -OCH3 is 1. The maximum absolute atomic E-state index is 14.9. The van der Waals surface area contributed by atoms with E-state index in [-0.39, 0.29) is 47.0 Å². The third-order valence-corrected chi connectivity index (χ3v) is 7.19. The van der Waals surface area contributed by atoms with E-state index < -0.39 is 43.1 Å². The Morgan fingerprint density at radius 2 is 2.03 bits per heavy atom. The molecule has 2 N–H and O–H groups in total. The van der Waals surface area contributed by atoms with E-state index in [2.05, 4.69) is 29.7 Å². The minimum absolute atomic E-state index is 0.0126. The molecule has 1 saturated heterocycles. The van der Waals surface area contributed by atoms with E-state index in [1.54, 1.807) is 11.8 Å². The number of anilines is 1. The zero-order valence-corrected chi connectivity index (χ0v) is 20.3. The molecule has 0 bridgehead atoms. The average molecular weight is 543 g/mol. The lowest BCUT2D eigenvalue weighted by atomic mass is 9.89. The van der Waals surface area contributed by atoms with Crippen LogP contribution in [0.15, 0.2) is 18.3 Å². The second-order valence-electron chi connectivity index (χ2n) is 8.59. The fourth-order valence-electron chi connectivity index (χ4n) is 4.26. The van der Waals surface area contributed by atoms with E-state index >= 15 is 0 Å². The van der Waals surface area contributed by atoms with Gasteiger partial charge in [-0.1, -0.05) is 11.3 Å². The summed E-state index contributed by atoms with van der Waals surface area (Å²) in [5.41, 5.74) is 0.352. The monoisotopic (exact) mass is 543 g/mol. The molecule has 15 heteroatoms. The summed E-state index contributed by atoms with van der Waals surface area (Å²) in [6, 6.07) is 1.83. The smallest absolute Gasteiger partial charge is 0.480 e. The third kappa shape index (κ3) is 4.85. The number of carbonyl (C=O) groups is 1. The molecule has 2 aliphatic heterocycles. The van der Waals surface area contributed by atoms with Crippen LogP contribution in [0, 0.1) is 0 Å². The molecule has 3 aromatic rings. The van der Waals surface area contributed by atoms with E-state index in [1.807, 2.05) is 0 Å². The fraction of sp³-hybridized carbons (Fsp3) is 0.455. The summed E-state index contributed by atoms with van der Waals surface area (Å²) in [4.78, 5) is 26.9. The van der Waals surface area contributed by atoms with Gasteiger partial charge >= 0.3 is 6.29 Å². The van der Waals surface area contributed by atoms with Crippen molar-refractivity contribution in [3.63, 3.8) is 0 Å². The molecule has 0 saturated carbocycles. The molecule has 5 rings (SSSR count).